The first kappa shape index (κ1) is 16.3. The van der Waals surface area contributed by atoms with Crippen LogP contribution in [-0.4, -0.2) is 20.0 Å². The minimum atomic E-state index is -0.205. The van der Waals surface area contributed by atoms with Gasteiger partial charge < -0.3 is 13.9 Å². The molecule has 0 aliphatic carbocycles. The van der Waals surface area contributed by atoms with Crippen molar-refractivity contribution in [2.24, 2.45) is 0 Å². The van der Waals surface area contributed by atoms with Gasteiger partial charge in [0.2, 0.25) is 5.78 Å². The van der Waals surface area contributed by atoms with Crippen molar-refractivity contribution in [3.63, 3.8) is 0 Å². The van der Waals surface area contributed by atoms with Gasteiger partial charge in [0, 0.05) is 15.9 Å². The van der Waals surface area contributed by atoms with Crippen LogP contribution in [0, 0.1) is 0 Å². The molecule has 4 nitrogen and oxygen atoms in total. The van der Waals surface area contributed by atoms with E-state index in [0.717, 1.165) is 15.4 Å². The third-order valence-electron chi connectivity index (χ3n) is 3.52. The van der Waals surface area contributed by atoms with E-state index in [9.17, 15) is 4.79 Å². The van der Waals surface area contributed by atoms with Crippen molar-refractivity contribution in [3.05, 3.63) is 64.3 Å². The van der Waals surface area contributed by atoms with Gasteiger partial charge in [0.25, 0.3) is 0 Å². The van der Waals surface area contributed by atoms with E-state index in [4.69, 9.17) is 13.9 Å². The Morgan fingerprint density at radius 2 is 1.75 bits per heavy atom. The third kappa shape index (κ3) is 3.51. The molecule has 0 radical (unpaired) electrons. The normalized spacial score (nSPS) is 11.1. The predicted molar refractivity (Wildman–Crippen MR) is 96.8 cm³/mol. The zero-order valence-electron chi connectivity index (χ0n) is 13.2. The monoisotopic (exact) mass is 386 g/mol. The van der Waals surface area contributed by atoms with E-state index in [-0.39, 0.29) is 5.78 Å². The molecule has 0 atom stereocenters. The van der Waals surface area contributed by atoms with Gasteiger partial charge in [-0.1, -0.05) is 22.0 Å². The maximum Gasteiger partial charge on any atom is 0.221 e. The highest BCUT2D eigenvalue weighted by Crippen LogP contribution is 2.25. The standard InChI is InChI=1S/C19H15BrO4/c1-22-15-7-12(8-16(11-15)23-2)3-5-17(21)19-10-13-9-14(20)4-6-18(13)24-19/h3-11H,1-2H3. The predicted octanol–water partition coefficient (Wildman–Crippen LogP) is 5.11. The Balaban J connectivity index is 1.86. The van der Waals surface area contributed by atoms with Crippen LogP contribution in [-0.2, 0) is 0 Å². The van der Waals surface area contributed by atoms with E-state index in [0.29, 0.717) is 22.8 Å². The van der Waals surface area contributed by atoms with E-state index >= 15 is 0 Å². The van der Waals surface area contributed by atoms with Gasteiger partial charge in [0.05, 0.1) is 14.2 Å². The molecule has 0 saturated heterocycles. The molecule has 0 saturated carbocycles. The lowest BCUT2D eigenvalue weighted by Gasteiger charge is -2.05. The summed E-state index contributed by atoms with van der Waals surface area (Å²) in [6, 6.07) is 12.8. The molecule has 0 N–H and O–H groups in total. The van der Waals surface area contributed by atoms with Crippen LogP contribution in [0.1, 0.15) is 16.1 Å². The van der Waals surface area contributed by atoms with Crippen LogP contribution in [0.25, 0.3) is 17.0 Å². The van der Waals surface area contributed by atoms with Gasteiger partial charge in [-0.15, -0.1) is 0 Å². The fourth-order valence-corrected chi connectivity index (χ4v) is 2.69. The minimum Gasteiger partial charge on any atom is -0.497 e. The van der Waals surface area contributed by atoms with Gasteiger partial charge in [-0.2, -0.15) is 0 Å². The van der Waals surface area contributed by atoms with Crippen molar-refractivity contribution in [2.45, 2.75) is 0 Å². The van der Waals surface area contributed by atoms with Crippen molar-refractivity contribution in [1.82, 2.24) is 0 Å². The highest BCUT2D eigenvalue weighted by molar-refractivity contribution is 9.10. The molecule has 122 valence electrons. The smallest absolute Gasteiger partial charge is 0.221 e. The zero-order valence-corrected chi connectivity index (χ0v) is 14.8. The summed E-state index contributed by atoms with van der Waals surface area (Å²) in [7, 11) is 3.17. The van der Waals surface area contributed by atoms with E-state index in [1.165, 1.54) is 6.08 Å². The summed E-state index contributed by atoms with van der Waals surface area (Å²) in [6.07, 6.45) is 3.18. The number of furan rings is 1. The molecule has 0 amide bonds. The first-order valence-electron chi connectivity index (χ1n) is 7.23. The molecule has 0 aliphatic heterocycles. The van der Waals surface area contributed by atoms with Crippen molar-refractivity contribution in [1.29, 1.82) is 0 Å². The number of rotatable bonds is 5. The largest absolute Gasteiger partial charge is 0.497 e. The quantitative estimate of drug-likeness (QED) is 0.451. The lowest BCUT2D eigenvalue weighted by Crippen LogP contribution is -1.91. The molecular formula is C19H15BrO4. The second kappa shape index (κ2) is 6.93. The Morgan fingerprint density at radius 1 is 1.04 bits per heavy atom. The number of allylic oxidation sites excluding steroid dienone is 1. The topological polar surface area (TPSA) is 48.7 Å². The van der Waals surface area contributed by atoms with Gasteiger partial charge in [0.15, 0.2) is 5.76 Å². The molecule has 0 bridgehead atoms. The lowest BCUT2D eigenvalue weighted by atomic mass is 10.1. The van der Waals surface area contributed by atoms with Crippen molar-refractivity contribution >= 4 is 38.8 Å². The molecule has 5 heteroatoms. The average Bonchev–Trinajstić information content (AvgIpc) is 3.02. The number of ether oxygens (including phenoxy) is 2. The van der Waals surface area contributed by atoms with Crippen LogP contribution in [0.2, 0.25) is 0 Å². The number of ketones is 1. The van der Waals surface area contributed by atoms with E-state index in [1.54, 1.807) is 32.4 Å². The molecule has 24 heavy (non-hydrogen) atoms. The number of carbonyl (C=O) groups is 1. The molecule has 0 unspecified atom stereocenters. The van der Waals surface area contributed by atoms with Crippen LogP contribution in [0.15, 0.2) is 57.4 Å². The number of hydrogen-bond acceptors (Lipinski definition) is 4. The van der Waals surface area contributed by atoms with Gasteiger partial charge in [-0.25, -0.2) is 0 Å². The number of benzene rings is 2. The van der Waals surface area contributed by atoms with Crippen LogP contribution >= 0.6 is 15.9 Å². The second-order valence-corrected chi connectivity index (χ2v) is 6.05. The van der Waals surface area contributed by atoms with Gasteiger partial charge in [-0.05, 0) is 48.0 Å². The summed E-state index contributed by atoms with van der Waals surface area (Å²) in [5, 5.41) is 0.879. The van der Waals surface area contributed by atoms with Gasteiger partial charge in [0.1, 0.15) is 17.1 Å². The van der Waals surface area contributed by atoms with Crippen molar-refractivity contribution in [2.75, 3.05) is 14.2 Å². The van der Waals surface area contributed by atoms with Crippen LogP contribution in [0.5, 0.6) is 11.5 Å². The van der Waals surface area contributed by atoms with Crippen molar-refractivity contribution in [3.8, 4) is 11.5 Å². The lowest BCUT2D eigenvalue weighted by molar-refractivity contribution is 0.102. The second-order valence-electron chi connectivity index (χ2n) is 5.14. The Labute approximate surface area is 147 Å². The fourth-order valence-electron chi connectivity index (χ4n) is 2.32. The Morgan fingerprint density at radius 3 is 2.42 bits per heavy atom. The number of methoxy groups -OCH3 is 2. The number of fused-ring (bicyclic) bond motifs is 1. The Hall–Kier alpha value is -2.53. The van der Waals surface area contributed by atoms with E-state index < -0.39 is 0 Å². The average molecular weight is 387 g/mol. The summed E-state index contributed by atoms with van der Waals surface area (Å²) < 4.78 is 17.0. The van der Waals surface area contributed by atoms with Crippen LogP contribution in [0.3, 0.4) is 0 Å². The summed E-state index contributed by atoms with van der Waals surface area (Å²) in [5.74, 6) is 1.42. The highest BCUT2D eigenvalue weighted by Gasteiger charge is 2.10. The maximum absolute atomic E-state index is 12.3. The molecule has 0 fully saturated rings. The summed E-state index contributed by atoms with van der Waals surface area (Å²) in [4.78, 5) is 12.3. The number of carbonyl (C=O) groups excluding carboxylic acids is 1. The number of hydrogen-bond donors (Lipinski definition) is 0. The molecule has 3 aromatic rings. The molecule has 0 spiro atoms. The third-order valence-corrected chi connectivity index (χ3v) is 4.02. The van der Waals surface area contributed by atoms with Gasteiger partial charge >= 0.3 is 0 Å². The van der Waals surface area contributed by atoms with Gasteiger partial charge in [-0.3, -0.25) is 4.79 Å². The zero-order chi connectivity index (χ0) is 17.1. The first-order chi connectivity index (χ1) is 11.6. The van der Waals surface area contributed by atoms with E-state index in [2.05, 4.69) is 15.9 Å². The molecular weight excluding hydrogens is 372 g/mol. The number of halogens is 1. The SMILES string of the molecule is COc1cc(C=CC(=O)c2cc3cc(Br)ccc3o2)cc(OC)c1. The highest BCUT2D eigenvalue weighted by atomic mass is 79.9. The molecule has 1 aromatic heterocycles. The molecule has 2 aromatic carbocycles. The Bertz CT molecular complexity index is 902. The fraction of sp³-hybridized carbons (Fsp3) is 0.105. The summed E-state index contributed by atoms with van der Waals surface area (Å²) >= 11 is 3.40. The van der Waals surface area contributed by atoms with Crippen LogP contribution in [0.4, 0.5) is 0 Å². The minimum absolute atomic E-state index is 0.205. The molecule has 0 aliphatic rings. The first-order valence-corrected chi connectivity index (χ1v) is 8.03. The molecule has 3 rings (SSSR count). The van der Waals surface area contributed by atoms with Crippen molar-refractivity contribution < 1.29 is 18.7 Å². The maximum atomic E-state index is 12.3. The van der Waals surface area contributed by atoms with Crippen LogP contribution < -0.4 is 9.47 Å². The van der Waals surface area contributed by atoms with E-state index in [1.807, 2.05) is 30.3 Å². The summed E-state index contributed by atoms with van der Waals surface area (Å²) in [5.41, 5.74) is 1.48. The summed E-state index contributed by atoms with van der Waals surface area (Å²) in [6.45, 7) is 0. The Kier molecular flexibility index (Phi) is 4.71. The molecule has 1 heterocycles.